The summed E-state index contributed by atoms with van der Waals surface area (Å²) in [5.74, 6) is -6.13. The number of hydrogen-bond donors (Lipinski definition) is 0. The number of carbonyl (C=O) groups is 2. The van der Waals surface area contributed by atoms with Crippen LogP contribution in [-0.4, -0.2) is 31.3 Å². The van der Waals surface area contributed by atoms with Crippen LogP contribution in [0.2, 0.25) is 0 Å². The molecule has 48 heavy (non-hydrogen) atoms. The molecule has 0 spiro atoms. The van der Waals surface area contributed by atoms with E-state index in [9.17, 15) is 50.0 Å². The standard InChI is InChI=1S/C30H16N4O14/c35-25-27(45-21-9-1-17(2-10-21)31(37)38)28(46-22-11-3-18(4-12-22)32(39)40)26(36)30(48-24-15-7-20(8-16-24)34(43)44)29(25)47-23-13-5-19(6-14-23)33(41)42/h1-16H. The molecule has 1 aliphatic carbocycles. The van der Waals surface area contributed by atoms with Crippen LogP contribution in [0.3, 0.4) is 0 Å². The molecule has 0 fully saturated rings. The molecule has 0 bridgehead atoms. The van der Waals surface area contributed by atoms with Gasteiger partial charge in [-0.15, -0.1) is 0 Å². The van der Waals surface area contributed by atoms with Crippen molar-refractivity contribution in [3.63, 3.8) is 0 Å². The highest BCUT2D eigenvalue weighted by Gasteiger charge is 2.42. The van der Waals surface area contributed by atoms with E-state index in [1.165, 1.54) is 0 Å². The minimum absolute atomic E-state index is 0.157. The van der Waals surface area contributed by atoms with Crippen LogP contribution in [0.25, 0.3) is 0 Å². The van der Waals surface area contributed by atoms with E-state index in [1.54, 1.807) is 0 Å². The third-order valence-corrected chi connectivity index (χ3v) is 6.31. The van der Waals surface area contributed by atoms with Crippen molar-refractivity contribution < 1.29 is 48.2 Å². The van der Waals surface area contributed by atoms with Crippen molar-refractivity contribution >= 4 is 34.3 Å². The largest absolute Gasteiger partial charge is 0.449 e. The molecule has 0 aromatic heterocycles. The fourth-order valence-corrected chi connectivity index (χ4v) is 4.00. The number of non-ortho nitro benzene ring substituents is 4. The van der Waals surface area contributed by atoms with E-state index in [0.29, 0.717) is 0 Å². The van der Waals surface area contributed by atoms with Crippen LogP contribution in [0, 0.1) is 40.5 Å². The van der Waals surface area contributed by atoms with Gasteiger partial charge in [-0.3, -0.25) is 50.0 Å². The molecule has 4 aromatic carbocycles. The highest BCUT2D eigenvalue weighted by Crippen LogP contribution is 2.34. The Kier molecular flexibility index (Phi) is 8.80. The van der Waals surface area contributed by atoms with Crippen molar-refractivity contribution in [2.24, 2.45) is 0 Å². The zero-order chi connectivity index (χ0) is 34.5. The van der Waals surface area contributed by atoms with Gasteiger partial charge in [0, 0.05) is 48.5 Å². The van der Waals surface area contributed by atoms with Crippen LogP contribution >= 0.6 is 0 Å². The summed E-state index contributed by atoms with van der Waals surface area (Å²) in [5.41, 5.74) is -1.26. The number of ether oxygens (including phenoxy) is 4. The number of nitrogens with zero attached hydrogens (tertiary/aromatic N) is 4. The lowest BCUT2D eigenvalue weighted by Gasteiger charge is -2.23. The Labute approximate surface area is 266 Å². The molecule has 0 N–H and O–H groups in total. The van der Waals surface area contributed by atoms with Gasteiger partial charge in [0.25, 0.3) is 34.3 Å². The number of ketones is 2. The summed E-state index contributed by atoms with van der Waals surface area (Å²) in [4.78, 5) is 69.9. The predicted molar refractivity (Wildman–Crippen MR) is 159 cm³/mol. The number of nitro benzene ring substituents is 4. The quantitative estimate of drug-likeness (QED) is 0.104. The highest BCUT2D eigenvalue weighted by atomic mass is 16.6. The number of Topliss-reactive ketones (excluding diaryl/α,β-unsaturated/α-hetero) is 2. The van der Waals surface area contributed by atoms with Gasteiger partial charge in [-0.2, -0.15) is 0 Å². The third kappa shape index (κ3) is 6.91. The van der Waals surface area contributed by atoms with E-state index in [2.05, 4.69) is 0 Å². The van der Waals surface area contributed by atoms with E-state index >= 15 is 0 Å². The Hall–Kier alpha value is -7.50. The van der Waals surface area contributed by atoms with Gasteiger partial charge in [0.05, 0.1) is 19.7 Å². The van der Waals surface area contributed by atoms with Crippen molar-refractivity contribution in [3.8, 4) is 23.0 Å². The van der Waals surface area contributed by atoms with E-state index in [4.69, 9.17) is 18.9 Å². The van der Waals surface area contributed by atoms with Gasteiger partial charge in [0.1, 0.15) is 23.0 Å². The minimum Gasteiger partial charge on any atom is -0.449 e. The van der Waals surface area contributed by atoms with Gasteiger partial charge < -0.3 is 18.9 Å². The summed E-state index contributed by atoms with van der Waals surface area (Å²) in [6, 6.07) is 17.6. The van der Waals surface area contributed by atoms with E-state index < -0.39 is 54.3 Å². The number of rotatable bonds is 12. The van der Waals surface area contributed by atoms with Crippen LogP contribution in [-0.2, 0) is 9.59 Å². The zero-order valence-corrected chi connectivity index (χ0v) is 23.7. The van der Waals surface area contributed by atoms with Gasteiger partial charge in [-0.05, 0) is 48.5 Å². The molecule has 0 saturated carbocycles. The average molecular weight is 656 g/mol. The SMILES string of the molecule is O=C1C(Oc2ccc([N+](=O)[O-])cc2)=C(Oc2ccc([N+](=O)[O-])cc2)C(=O)C(Oc2ccc([N+](=O)[O-])cc2)=C1Oc1ccc([N+](=O)[O-])cc1. The van der Waals surface area contributed by atoms with E-state index in [-0.39, 0.29) is 45.7 Å². The lowest BCUT2D eigenvalue weighted by molar-refractivity contribution is -0.385. The number of benzene rings is 4. The molecule has 4 aromatic rings. The molecular weight excluding hydrogens is 640 g/mol. The molecule has 0 heterocycles. The summed E-state index contributed by atoms with van der Waals surface area (Å²) in [6.07, 6.45) is 0. The normalized spacial score (nSPS) is 12.8. The van der Waals surface area contributed by atoms with Gasteiger partial charge in [0.15, 0.2) is 0 Å². The molecule has 18 nitrogen and oxygen atoms in total. The lowest BCUT2D eigenvalue weighted by atomic mass is 10.0. The van der Waals surface area contributed by atoms with Crippen molar-refractivity contribution in [2.45, 2.75) is 0 Å². The summed E-state index contributed by atoms with van der Waals surface area (Å²) in [7, 11) is 0. The first-order valence-corrected chi connectivity index (χ1v) is 13.2. The fourth-order valence-electron chi connectivity index (χ4n) is 4.00. The van der Waals surface area contributed by atoms with Gasteiger partial charge >= 0.3 is 0 Å². The highest BCUT2D eigenvalue weighted by molar-refractivity contribution is 6.22. The van der Waals surface area contributed by atoms with Crippen LogP contribution in [0.5, 0.6) is 23.0 Å². The number of nitro groups is 4. The Morgan fingerprint density at radius 2 is 0.500 bits per heavy atom. The van der Waals surface area contributed by atoms with Gasteiger partial charge in [-0.25, -0.2) is 0 Å². The van der Waals surface area contributed by atoms with Crippen LogP contribution in [0.1, 0.15) is 0 Å². The van der Waals surface area contributed by atoms with Gasteiger partial charge in [0.2, 0.25) is 23.0 Å². The van der Waals surface area contributed by atoms with Crippen LogP contribution in [0.4, 0.5) is 22.7 Å². The van der Waals surface area contributed by atoms with Crippen molar-refractivity contribution in [1.29, 1.82) is 0 Å². The number of hydrogen-bond acceptors (Lipinski definition) is 14. The molecule has 0 atom stereocenters. The van der Waals surface area contributed by atoms with Crippen molar-refractivity contribution in [2.75, 3.05) is 0 Å². The Bertz CT molecular complexity index is 1750. The molecule has 0 unspecified atom stereocenters. The topological polar surface area (TPSA) is 244 Å². The van der Waals surface area contributed by atoms with Gasteiger partial charge in [-0.1, -0.05) is 0 Å². The Morgan fingerprint density at radius 3 is 0.646 bits per heavy atom. The maximum absolute atomic E-state index is 14.0. The first kappa shape index (κ1) is 31.9. The van der Waals surface area contributed by atoms with E-state index in [0.717, 1.165) is 97.1 Å². The molecule has 0 aliphatic heterocycles. The van der Waals surface area contributed by atoms with Crippen molar-refractivity contribution in [3.05, 3.63) is 161 Å². The summed E-state index contributed by atoms with van der Waals surface area (Å²) < 4.78 is 22.8. The monoisotopic (exact) mass is 656 g/mol. The second kappa shape index (κ2) is 13.2. The minimum atomic E-state index is -1.17. The zero-order valence-electron chi connectivity index (χ0n) is 23.7. The predicted octanol–water partition coefficient (Wildman–Crippen LogP) is 5.51. The molecular formula is C30H16N4O14. The fraction of sp³-hybridized carbons (Fsp3) is 0. The smallest absolute Gasteiger partial charge is 0.271 e. The second-order valence-electron chi connectivity index (χ2n) is 9.39. The maximum Gasteiger partial charge on any atom is 0.271 e. The summed E-state index contributed by atoms with van der Waals surface area (Å²) in [5, 5.41) is 44.5. The summed E-state index contributed by atoms with van der Waals surface area (Å²) >= 11 is 0. The molecule has 18 heteroatoms. The lowest BCUT2D eigenvalue weighted by Crippen LogP contribution is -2.33. The summed E-state index contributed by atoms with van der Waals surface area (Å²) in [6.45, 7) is 0. The molecule has 0 amide bonds. The van der Waals surface area contributed by atoms with E-state index in [1.807, 2.05) is 0 Å². The average Bonchev–Trinajstić information content (AvgIpc) is 3.07. The molecule has 0 saturated heterocycles. The molecule has 1 aliphatic rings. The molecule has 0 radical (unpaired) electrons. The second-order valence-corrected chi connectivity index (χ2v) is 9.39. The molecule has 240 valence electrons. The molecule has 5 rings (SSSR count). The van der Waals surface area contributed by atoms with Crippen LogP contribution < -0.4 is 18.9 Å². The Morgan fingerprint density at radius 1 is 0.333 bits per heavy atom. The maximum atomic E-state index is 14.0. The third-order valence-electron chi connectivity index (χ3n) is 6.31. The van der Waals surface area contributed by atoms with Crippen molar-refractivity contribution in [1.82, 2.24) is 0 Å². The Balaban J connectivity index is 1.62. The first-order valence-electron chi connectivity index (χ1n) is 13.2. The van der Waals surface area contributed by atoms with Crippen LogP contribution in [0.15, 0.2) is 120 Å². The first-order chi connectivity index (χ1) is 22.9. The number of carbonyl (C=O) groups excluding carboxylic acids is 2.